The van der Waals surface area contributed by atoms with Crippen LogP contribution in [0.1, 0.15) is 33.1 Å². The van der Waals surface area contributed by atoms with Crippen LogP contribution in [0.3, 0.4) is 0 Å². The van der Waals surface area contributed by atoms with Gasteiger partial charge in [-0.05, 0) is 37.2 Å². The van der Waals surface area contributed by atoms with E-state index < -0.39 is 5.97 Å². The highest BCUT2D eigenvalue weighted by atomic mass is 32.2. The zero-order valence-corrected chi connectivity index (χ0v) is 9.56. The van der Waals surface area contributed by atoms with E-state index in [4.69, 9.17) is 5.11 Å². The van der Waals surface area contributed by atoms with Crippen LogP contribution in [0.2, 0.25) is 0 Å². The lowest BCUT2D eigenvalue weighted by Crippen LogP contribution is -2.16. The molecular formula is C10H20O2S. The van der Waals surface area contributed by atoms with Crippen molar-refractivity contribution in [2.24, 2.45) is 11.8 Å². The SMILES string of the molecule is CSCCCC(CC(C)C)C(=O)O. The minimum atomic E-state index is -0.630. The van der Waals surface area contributed by atoms with Gasteiger partial charge >= 0.3 is 5.97 Å². The van der Waals surface area contributed by atoms with Crippen molar-refractivity contribution in [1.29, 1.82) is 0 Å². The first-order chi connectivity index (χ1) is 6.07. The summed E-state index contributed by atoms with van der Waals surface area (Å²) in [5, 5.41) is 8.91. The highest BCUT2D eigenvalue weighted by Crippen LogP contribution is 2.18. The third-order valence-electron chi connectivity index (χ3n) is 2.01. The Bertz CT molecular complexity index is 146. The molecule has 0 bridgehead atoms. The van der Waals surface area contributed by atoms with Crippen LogP contribution in [0.5, 0.6) is 0 Å². The molecule has 0 aliphatic heterocycles. The van der Waals surface area contributed by atoms with E-state index in [1.807, 2.05) is 0 Å². The largest absolute Gasteiger partial charge is 0.481 e. The molecule has 0 aliphatic carbocycles. The second-order valence-corrected chi connectivity index (χ2v) is 4.79. The lowest BCUT2D eigenvalue weighted by molar-refractivity contribution is -0.142. The van der Waals surface area contributed by atoms with Crippen LogP contribution >= 0.6 is 11.8 Å². The maximum Gasteiger partial charge on any atom is 0.306 e. The van der Waals surface area contributed by atoms with Crippen LogP contribution in [0.15, 0.2) is 0 Å². The summed E-state index contributed by atoms with van der Waals surface area (Å²) < 4.78 is 0. The van der Waals surface area contributed by atoms with E-state index in [-0.39, 0.29) is 5.92 Å². The highest BCUT2D eigenvalue weighted by Gasteiger charge is 2.17. The zero-order valence-electron chi connectivity index (χ0n) is 8.75. The fourth-order valence-electron chi connectivity index (χ4n) is 1.39. The Balaban J connectivity index is 3.74. The quantitative estimate of drug-likeness (QED) is 0.648. The topological polar surface area (TPSA) is 37.3 Å². The predicted octanol–water partition coefficient (Wildman–Crippen LogP) is 2.88. The van der Waals surface area contributed by atoms with Gasteiger partial charge in [0.1, 0.15) is 0 Å². The zero-order chi connectivity index (χ0) is 10.3. The van der Waals surface area contributed by atoms with Gasteiger partial charge in [0.25, 0.3) is 0 Å². The molecule has 0 saturated carbocycles. The van der Waals surface area contributed by atoms with Gasteiger partial charge in [-0.25, -0.2) is 0 Å². The highest BCUT2D eigenvalue weighted by molar-refractivity contribution is 7.98. The van der Waals surface area contributed by atoms with Gasteiger partial charge in [0.15, 0.2) is 0 Å². The number of hydrogen-bond donors (Lipinski definition) is 1. The molecular weight excluding hydrogens is 184 g/mol. The van der Waals surface area contributed by atoms with E-state index in [1.54, 1.807) is 11.8 Å². The lowest BCUT2D eigenvalue weighted by atomic mass is 9.93. The third kappa shape index (κ3) is 6.94. The van der Waals surface area contributed by atoms with E-state index in [9.17, 15) is 4.79 Å². The molecule has 0 aliphatic rings. The van der Waals surface area contributed by atoms with E-state index >= 15 is 0 Å². The summed E-state index contributed by atoms with van der Waals surface area (Å²) in [5.41, 5.74) is 0. The Morgan fingerprint density at radius 2 is 2.08 bits per heavy atom. The summed E-state index contributed by atoms with van der Waals surface area (Å²) >= 11 is 1.78. The van der Waals surface area contributed by atoms with Crippen molar-refractivity contribution < 1.29 is 9.90 Å². The summed E-state index contributed by atoms with van der Waals surface area (Å²) in [6.07, 6.45) is 4.71. The Morgan fingerprint density at radius 1 is 1.46 bits per heavy atom. The molecule has 0 aromatic heterocycles. The molecule has 0 spiro atoms. The molecule has 0 rings (SSSR count). The van der Waals surface area contributed by atoms with Crippen LogP contribution in [-0.2, 0) is 4.79 Å². The van der Waals surface area contributed by atoms with E-state index in [2.05, 4.69) is 20.1 Å². The standard InChI is InChI=1S/C10H20O2S/c1-8(2)7-9(10(11)12)5-4-6-13-3/h8-9H,4-7H2,1-3H3,(H,11,12). The summed E-state index contributed by atoms with van der Waals surface area (Å²) in [4.78, 5) is 10.8. The first kappa shape index (κ1) is 12.8. The second kappa shape index (κ2) is 7.25. The van der Waals surface area contributed by atoms with Crippen LogP contribution in [0, 0.1) is 11.8 Å². The molecule has 78 valence electrons. The molecule has 1 unspecified atom stereocenters. The Morgan fingerprint density at radius 3 is 2.46 bits per heavy atom. The first-order valence-electron chi connectivity index (χ1n) is 4.79. The summed E-state index contributed by atoms with van der Waals surface area (Å²) in [6, 6.07) is 0. The number of thioether (sulfide) groups is 1. The molecule has 0 radical (unpaired) electrons. The summed E-state index contributed by atoms with van der Waals surface area (Å²) in [5.74, 6) is 0.791. The van der Waals surface area contributed by atoms with Gasteiger partial charge in [-0.3, -0.25) is 4.79 Å². The van der Waals surface area contributed by atoms with E-state index in [1.165, 1.54) is 0 Å². The molecule has 0 fully saturated rings. The summed E-state index contributed by atoms with van der Waals surface area (Å²) in [6.45, 7) is 4.15. The summed E-state index contributed by atoms with van der Waals surface area (Å²) in [7, 11) is 0. The number of carbonyl (C=O) groups is 1. The molecule has 0 heterocycles. The van der Waals surface area contributed by atoms with Crippen LogP contribution in [-0.4, -0.2) is 23.1 Å². The Kier molecular flexibility index (Phi) is 7.14. The van der Waals surface area contributed by atoms with Crippen LogP contribution in [0.4, 0.5) is 0 Å². The van der Waals surface area contributed by atoms with Crippen molar-refractivity contribution in [3.05, 3.63) is 0 Å². The van der Waals surface area contributed by atoms with Gasteiger partial charge in [-0.15, -0.1) is 0 Å². The number of hydrogen-bond acceptors (Lipinski definition) is 2. The third-order valence-corrected chi connectivity index (χ3v) is 2.70. The fourth-order valence-corrected chi connectivity index (χ4v) is 1.84. The number of carboxylic acids is 1. The smallest absolute Gasteiger partial charge is 0.306 e. The van der Waals surface area contributed by atoms with Crippen LogP contribution in [0.25, 0.3) is 0 Å². The average Bonchev–Trinajstić information content (AvgIpc) is 2.02. The maximum atomic E-state index is 10.8. The molecule has 0 aromatic rings. The molecule has 2 nitrogen and oxygen atoms in total. The molecule has 0 saturated heterocycles. The van der Waals surface area contributed by atoms with Gasteiger partial charge in [0.05, 0.1) is 5.92 Å². The van der Waals surface area contributed by atoms with E-state index in [0.717, 1.165) is 25.0 Å². The van der Waals surface area contributed by atoms with Crippen molar-refractivity contribution in [1.82, 2.24) is 0 Å². The predicted molar refractivity (Wildman–Crippen MR) is 58.2 cm³/mol. The molecule has 3 heteroatoms. The molecule has 0 aromatic carbocycles. The number of rotatable bonds is 7. The first-order valence-corrected chi connectivity index (χ1v) is 6.19. The van der Waals surface area contributed by atoms with Gasteiger partial charge < -0.3 is 5.11 Å². The van der Waals surface area contributed by atoms with Crippen molar-refractivity contribution in [3.63, 3.8) is 0 Å². The van der Waals surface area contributed by atoms with Crippen LogP contribution < -0.4 is 0 Å². The molecule has 1 atom stereocenters. The maximum absolute atomic E-state index is 10.8. The number of aliphatic carboxylic acids is 1. The average molecular weight is 204 g/mol. The Hall–Kier alpha value is -0.180. The van der Waals surface area contributed by atoms with Gasteiger partial charge in [0.2, 0.25) is 0 Å². The number of carboxylic acid groups (broad SMARTS) is 1. The van der Waals surface area contributed by atoms with Crippen molar-refractivity contribution >= 4 is 17.7 Å². The van der Waals surface area contributed by atoms with Crippen molar-refractivity contribution in [2.75, 3.05) is 12.0 Å². The van der Waals surface area contributed by atoms with Gasteiger partial charge in [-0.1, -0.05) is 13.8 Å². The molecule has 1 N–H and O–H groups in total. The second-order valence-electron chi connectivity index (χ2n) is 3.80. The van der Waals surface area contributed by atoms with Gasteiger partial charge in [0, 0.05) is 0 Å². The Labute approximate surface area is 85.1 Å². The van der Waals surface area contributed by atoms with Crippen molar-refractivity contribution in [2.45, 2.75) is 33.1 Å². The lowest BCUT2D eigenvalue weighted by Gasteiger charge is -2.13. The normalized spacial score (nSPS) is 13.2. The van der Waals surface area contributed by atoms with E-state index in [0.29, 0.717) is 5.92 Å². The minimum Gasteiger partial charge on any atom is -0.481 e. The minimum absolute atomic E-state index is 0.132. The fraction of sp³-hybridized carbons (Fsp3) is 0.900. The van der Waals surface area contributed by atoms with Gasteiger partial charge in [-0.2, -0.15) is 11.8 Å². The molecule has 13 heavy (non-hydrogen) atoms. The monoisotopic (exact) mass is 204 g/mol. The molecule has 0 amide bonds. The van der Waals surface area contributed by atoms with Crippen molar-refractivity contribution in [3.8, 4) is 0 Å².